The number of para-hydroxylation sites is 1. The summed E-state index contributed by atoms with van der Waals surface area (Å²) in [6, 6.07) is 19.4. The highest BCUT2D eigenvalue weighted by molar-refractivity contribution is 6.88. The van der Waals surface area contributed by atoms with Gasteiger partial charge in [0.05, 0.1) is 8.07 Å². The second-order valence-corrected chi connectivity index (χ2v) is 10.7. The highest BCUT2D eigenvalue weighted by Gasteiger charge is 2.15. The van der Waals surface area contributed by atoms with Gasteiger partial charge < -0.3 is 5.32 Å². The van der Waals surface area contributed by atoms with E-state index in [4.69, 9.17) is 0 Å². The van der Waals surface area contributed by atoms with Crippen LogP contribution in [0.4, 0.5) is 5.69 Å². The molecule has 0 aliphatic heterocycles. The fourth-order valence-corrected chi connectivity index (χ4v) is 3.05. The van der Waals surface area contributed by atoms with Gasteiger partial charge in [0.2, 0.25) is 0 Å². The van der Waals surface area contributed by atoms with Crippen LogP contribution in [0.2, 0.25) is 19.6 Å². The molecule has 0 unspecified atom stereocenters. The maximum atomic E-state index is 3.43. The van der Waals surface area contributed by atoms with Crippen molar-refractivity contribution in [3.63, 3.8) is 0 Å². The largest absolute Gasteiger partial charge is 0.381 e. The Kier molecular flexibility index (Phi) is 3.87. The van der Waals surface area contributed by atoms with Crippen molar-refractivity contribution >= 4 is 18.9 Å². The SMILES string of the molecule is C[Si](C)(C)c1ccc(CNc2ccccc2)cc1. The summed E-state index contributed by atoms with van der Waals surface area (Å²) >= 11 is 0. The summed E-state index contributed by atoms with van der Waals surface area (Å²) in [5.74, 6) is 0. The predicted octanol–water partition coefficient (Wildman–Crippen LogP) is 3.84. The van der Waals surface area contributed by atoms with Gasteiger partial charge in [-0.1, -0.05) is 67.3 Å². The Labute approximate surface area is 111 Å². The zero-order valence-electron chi connectivity index (χ0n) is 11.4. The average Bonchev–Trinajstić information content (AvgIpc) is 2.37. The third-order valence-electron chi connectivity index (χ3n) is 3.09. The molecule has 0 fully saturated rings. The first kappa shape index (κ1) is 12.9. The standard InChI is InChI=1S/C16H21NSi/c1-18(2,3)16-11-9-14(10-12-16)13-17-15-7-5-4-6-8-15/h4-12,17H,13H2,1-3H3. The van der Waals surface area contributed by atoms with E-state index in [1.54, 1.807) is 0 Å². The number of hydrogen-bond acceptors (Lipinski definition) is 1. The quantitative estimate of drug-likeness (QED) is 0.818. The second-order valence-electron chi connectivity index (χ2n) is 5.67. The van der Waals surface area contributed by atoms with Crippen LogP contribution in [0.1, 0.15) is 5.56 Å². The molecule has 1 nitrogen and oxygen atoms in total. The lowest BCUT2D eigenvalue weighted by Crippen LogP contribution is -2.37. The molecule has 94 valence electrons. The molecule has 0 aromatic heterocycles. The van der Waals surface area contributed by atoms with Crippen molar-refractivity contribution in [2.45, 2.75) is 26.2 Å². The van der Waals surface area contributed by atoms with Gasteiger partial charge in [0.1, 0.15) is 0 Å². The highest BCUT2D eigenvalue weighted by Crippen LogP contribution is 2.09. The highest BCUT2D eigenvalue weighted by atomic mass is 28.3. The van der Waals surface area contributed by atoms with Gasteiger partial charge in [-0.2, -0.15) is 0 Å². The van der Waals surface area contributed by atoms with Crippen LogP contribution in [0, 0.1) is 0 Å². The van der Waals surface area contributed by atoms with E-state index in [1.165, 1.54) is 16.4 Å². The molecule has 0 amide bonds. The van der Waals surface area contributed by atoms with Crippen LogP contribution in [0.15, 0.2) is 54.6 Å². The monoisotopic (exact) mass is 255 g/mol. The molecular formula is C16H21NSi. The van der Waals surface area contributed by atoms with Gasteiger partial charge in [0.25, 0.3) is 0 Å². The maximum absolute atomic E-state index is 3.43. The van der Waals surface area contributed by atoms with Gasteiger partial charge in [0, 0.05) is 12.2 Å². The first-order chi connectivity index (χ1) is 8.55. The molecule has 0 aliphatic carbocycles. The van der Waals surface area contributed by atoms with Crippen molar-refractivity contribution in [3.05, 3.63) is 60.2 Å². The molecule has 0 radical (unpaired) electrons. The smallest absolute Gasteiger partial charge is 0.0775 e. The third kappa shape index (κ3) is 3.47. The zero-order valence-corrected chi connectivity index (χ0v) is 12.4. The molecule has 0 heterocycles. The Morgan fingerprint density at radius 3 is 2.00 bits per heavy atom. The Balaban J connectivity index is 1.99. The average molecular weight is 255 g/mol. The van der Waals surface area contributed by atoms with Gasteiger partial charge >= 0.3 is 0 Å². The minimum Gasteiger partial charge on any atom is -0.381 e. The second kappa shape index (κ2) is 5.40. The van der Waals surface area contributed by atoms with Crippen molar-refractivity contribution in [2.75, 3.05) is 5.32 Å². The van der Waals surface area contributed by atoms with Gasteiger partial charge in [-0.25, -0.2) is 0 Å². The van der Waals surface area contributed by atoms with E-state index in [0.717, 1.165) is 6.54 Å². The number of rotatable bonds is 4. The number of anilines is 1. The Morgan fingerprint density at radius 2 is 1.44 bits per heavy atom. The molecule has 0 aliphatic rings. The molecule has 2 heteroatoms. The van der Waals surface area contributed by atoms with E-state index in [0.29, 0.717) is 0 Å². The lowest BCUT2D eigenvalue weighted by molar-refractivity contribution is 1.15. The van der Waals surface area contributed by atoms with Gasteiger partial charge in [0.15, 0.2) is 0 Å². The van der Waals surface area contributed by atoms with Crippen LogP contribution in [-0.2, 0) is 6.54 Å². The Hall–Kier alpha value is -1.54. The first-order valence-electron chi connectivity index (χ1n) is 6.44. The van der Waals surface area contributed by atoms with Crippen molar-refractivity contribution < 1.29 is 0 Å². The fourth-order valence-electron chi connectivity index (χ4n) is 1.88. The molecule has 2 aromatic carbocycles. The summed E-state index contributed by atoms with van der Waals surface area (Å²) in [4.78, 5) is 0. The van der Waals surface area contributed by atoms with Gasteiger partial charge in [-0.05, 0) is 17.7 Å². The van der Waals surface area contributed by atoms with Gasteiger partial charge in [-0.15, -0.1) is 0 Å². The molecule has 0 bridgehead atoms. The van der Waals surface area contributed by atoms with Crippen molar-refractivity contribution in [1.29, 1.82) is 0 Å². The summed E-state index contributed by atoms with van der Waals surface area (Å²) in [5, 5.41) is 4.95. The summed E-state index contributed by atoms with van der Waals surface area (Å²) in [6.45, 7) is 8.02. The van der Waals surface area contributed by atoms with Crippen molar-refractivity contribution in [3.8, 4) is 0 Å². The molecule has 2 aromatic rings. The number of nitrogens with one attached hydrogen (secondary N) is 1. The van der Waals surface area contributed by atoms with E-state index in [9.17, 15) is 0 Å². The Bertz CT molecular complexity index is 483. The van der Waals surface area contributed by atoms with E-state index in [1.807, 2.05) is 6.07 Å². The summed E-state index contributed by atoms with van der Waals surface area (Å²) < 4.78 is 0. The molecule has 0 saturated carbocycles. The van der Waals surface area contributed by atoms with Crippen molar-refractivity contribution in [2.24, 2.45) is 0 Å². The van der Waals surface area contributed by atoms with Crippen molar-refractivity contribution in [1.82, 2.24) is 0 Å². The first-order valence-corrected chi connectivity index (χ1v) is 9.94. The van der Waals surface area contributed by atoms with Crippen LogP contribution >= 0.6 is 0 Å². The summed E-state index contributed by atoms with van der Waals surface area (Å²) in [7, 11) is -1.16. The molecule has 0 spiro atoms. The minimum atomic E-state index is -1.16. The summed E-state index contributed by atoms with van der Waals surface area (Å²) in [6.07, 6.45) is 0. The topological polar surface area (TPSA) is 12.0 Å². The van der Waals surface area contributed by atoms with Crippen LogP contribution < -0.4 is 10.5 Å². The lowest BCUT2D eigenvalue weighted by Gasteiger charge is -2.17. The predicted molar refractivity (Wildman–Crippen MR) is 83.2 cm³/mol. The molecular weight excluding hydrogens is 234 g/mol. The van der Waals surface area contributed by atoms with Crippen LogP contribution in [0.25, 0.3) is 0 Å². The van der Waals surface area contributed by atoms with Crippen LogP contribution in [0.5, 0.6) is 0 Å². The molecule has 18 heavy (non-hydrogen) atoms. The maximum Gasteiger partial charge on any atom is 0.0775 e. The molecule has 1 N–H and O–H groups in total. The Morgan fingerprint density at radius 1 is 0.833 bits per heavy atom. The van der Waals surface area contributed by atoms with Gasteiger partial charge in [-0.3, -0.25) is 0 Å². The number of benzene rings is 2. The molecule has 0 atom stereocenters. The normalized spacial score (nSPS) is 11.3. The zero-order chi connectivity index (χ0) is 13.0. The van der Waals surface area contributed by atoms with E-state index in [2.05, 4.69) is 73.5 Å². The van der Waals surface area contributed by atoms with E-state index >= 15 is 0 Å². The van der Waals surface area contributed by atoms with E-state index < -0.39 is 8.07 Å². The van der Waals surface area contributed by atoms with Crippen LogP contribution in [-0.4, -0.2) is 8.07 Å². The van der Waals surface area contributed by atoms with Crippen LogP contribution in [0.3, 0.4) is 0 Å². The van der Waals surface area contributed by atoms with E-state index in [-0.39, 0.29) is 0 Å². The minimum absolute atomic E-state index is 0.885. The molecule has 2 rings (SSSR count). The lowest BCUT2D eigenvalue weighted by atomic mass is 10.2. The fraction of sp³-hybridized carbons (Fsp3) is 0.250. The molecule has 0 saturated heterocycles. The number of hydrogen-bond donors (Lipinski definition) is 1. The third-order valence-corrected chi connectivity index (χ3v) is 5.16. The summed E-state index contributed by atoms with van der Waals surface area (Å²) in [5.41, 5.74) is 2.51.